The Bertz CT molecular complexity index is 307. The summed E-state index contributed by atoms with van der Waals surface area (Å²) >= 11 is 0. The SMILES string of the molecule is CCCCCCCCC(C1CCCCC1)C(OC)(OC)N(CC)CC. The van der Waals surface area contributed by atoms with Gasteiger partial charge < -0.3 is 9.47 Å². The third-order valence-electron chi connectivity index (χ3n) is 6.35. The first-order valence-corrected chi connectivity index (χ1v) is 11.0. The average Bonchev–Trinajstić information content (AvgIpc) is 2.67. The summed E-state index contributed by atoms with van der Waals surface area (Å²) in [5.41, 5.74) is 0. The van der Waals surface area contributed by atoms with Crippen LogP contribution in [-0.2, 0) is 9.47 Å². The lowest BCUT2D eigenvalue weighted by atomic mass is 9.75. The van der Waals surface area contributed by atoms with Crippen LogP contribution in [0.4, 0.5) is 0 Å². The van der Waals surface area contributed by atoms with Gasteiger partial charge in [0.1, 0.15) is 0 Å². The number of hydrogen-bond acceptors (Lipinski definition) is 3. The van der Waals surface area contributed by atoms with E-state index in [0.717, 1.165) is 19.0 Å². The molecule has 150 valence electrons. The zero-order valence-corrected chi connectivity index (χ0v) is 17.8. The van der Waals surface area contributed by atoms with Crippen molar-refractivity contribution in [1.29, 1.82) is 0 Å². The first kappa shape index (κ1) is 22.9. The minimum Gasteiger partial charge on any atom is -0.340 e. The summed E-state index contributed by atoms with van der Waals surface area (Å²) in [6.45, 7) is 8.67. The van der Waals surface area contributed by atoms with Crippen LogP contribution in [0.1, 0.15) is 97.8 Å². The third-order valence-corrected chi connectivity index (χ3v) is 6.35. The Labute approximate surface area is 157 Å². The van der Waals surface area contributed by atoms with Crippen molar-refractivity contribution in [3.63, 3.8) is 0 Å². The molecule has 1 rings (SSSR count). The zero-order chi connectivity index (χ0) is 18.5. The number of unbranched alkanes of at least 4 members (excludes halogenated alkanes) is 5. The molecule has 1 atom stereocenters. The molecular weight excluding hydrogens is 310 g/mol. The van der Waals surface area contributed by atoms with Crippen molar-refractivity contribution in [2.24, 2.45) is 11.8 Å². The van der Waals surface area contributed by atoms with E-state index in [1.54, 1.807) is 0 Å². The molecule has 1 fully saturated rings. The van der Waals surface area contributed by atoms with Gasteiger partial charge in [-0.2, -0.15) is 0 Å². The molecule has 0 aromatic rings. The van der Waals surface area contributed by atoms with Gasteiger partial charge in [0, 0.05) is 33.2 Å². The van der Waals surface area contributed by atoms with E-state index in [1.165, 1.54) is 77.0 Å². The second-order valence-corrected chi connectivity index (χ2v) is 7.77. The molecule has 0 aromatic carbocycles. The van der Waals surface area contributed by atoms with E-state index in [2.05, 4.69) is 25.7 Å². The molecule has 25 heavy (non-hydrogen) atoms. The minimum absolute atomic E-state index is 0.480. The summed E-state index contributed by atoms with van der Waals surface area (Å²) in [4.78, 5) is 2.39. The molecule has 1 unspecified atom stereocenters. The van der Waals surface area contributed by atoms with Gasteiger partial charge in [0.05, 0.1) is 0 Å². The summed E-state index contributed by atoms with van der Waals surface area (Å²) in [5, 5.41) is 0. The average molecular weight is 356 g/mol. The molecular formula is C22H45NO2. The molecule has 0 bridgehead atoms. The molecule has 0 aromatic heterocycles. The molecule has 0 N–H and O–H groups in total. The van der Waals surface area contributed by atoms with Gasteiger partial charge in [-0.3, -0.25) is 4.90 Å². The van der Waals surface area contributed by atoms with Crippen LogP contribution in [0.15, 0.2) is 0 Å². The fourth-order valence-corrected chi connectivity index (χ4v) is 4.94. The molecule has 0 saturated heterocycles. The van der Waals surface area contributed by atoms with Crippen LogP contribution in [0.25, 0.3) is 0 Å². The zero-order valence-electron chi connectivity index (χ0n) is 17.8. The molecule has 0 radical (unpaired) electrons. The number of methoxy groups -OCH3 is 2. The minimum atomic E-state index is -0.547. The maximum atomic E-state index is 6.15. The summed E-state index contributed by atoms with van der Waals surface area (Å²) < 4.78 is 12.3. The molecule has 0 aliphatic heterocycles. The smallest absolute Gasteiger partial charge is 0.232 e. The van der Waals surface area contributed by atoms with E-state index in [-0.39, 0.29) is 0 Å². The van der Waals surface area contributed by atoms with E-state index in [4.69, 9.17) is 9.47 Å². The van der Waals surface area contributed by atoms with Crippen LogP contribution in [-0.4, -0.2) is 38.1 Å². The van der Waals surface area contributed by atoms with Crippen LogP contribution < -0.4 is 0 Å². The predicted molar refractivity (Wildman–Crippen MR) is 108 cm³/mol. The Morgan fingerprint density at radius 3 is 1.92 bits per heavy atom. The molecule has 1 saturated carbocycles. The lowest BCUT2D eigenvalue weighted by molar-refractivity contribution is -0.333. The van der Waals surface area contributed by atoms with Crippen molar-refractivity contribution >= 4 is 0 Å². The fraction of sp³-hybridized carbons (Fsp3) is 1.00. The Hall–Kier alpha value is -0.120. The molecule has 1 aliphatic rings. The highest BCUT2D eigenvalue weighted by molar-refractivity contribution is 4.86. The monoisotopic (exact) mass is 355 g/mol. The van der Waals surface area contributed by atoms with Crippen molar-refractivity contribution in [2.75, 3.05) is 27.3 Å². The Morgan fingerprint density at radius 1 is 0.840 bits per heavy atom. The van der Waals surface area contributed by atoms with Gasteiger partial charge >= 0.3 is 0 Å². The molecule has 3 nitrogen and oxygen atoms in total. The topological polar surface area (TPSA) is 21.7 Å². The standard InChI is InChI=1S/C22H45NO2/c1-6-9-10-11-12-16-19-21(20-17-14-13-15-18-20)22(24-4,25-5)23(7-2)8-3/h20-21H,6-19H2,1-5H3. The maximum absolute atomic E-state index is 6.15. The van der Waals surface area contributed by atoms with Gasteiger partial charge in [-0.1, -0.05) is 78.6 Å². The maximum Gasteiger partial charge on any atom is 0.232 e. The predicted octanol–water partition coefficient (Wildman–Crippen LogP) is 6.22. The summed E-state index contributed by atoms with van der Waals surface area (Å²) in [6.07, 6.45) is 16.2. The Balaban J connectivity index is 2.82. The summed E-state index contributed by atoms with van der Waals surface area (Å²) in [5.74, 6) is 0.674. The van der Waals surface area contributed by atoms with E-state index in [1.807, 2.05) is 14.2 Å². The van der Waals surface area contributed by atoms with Crippen molar-refractivity contribution in [3.8, 4) is 0 Å². The lowest BCUT2D eigenvalue weighted by Crippen LogP contribution is -2.58. The highest BCUT2D eigenvalue weighted by Crippen LogP contribution is 2.42. The summed E-state index contributed by atoms with van der Waals surface area (Å²) in [7, 11) is 3.69. The summed E-state index contributed by atoms with van der Waals surface area (Å²) in [6, 6.07) is 0. The first-order chi connectivity index (χ1) is 12.2. The number of ether oxygens (including phenoxy) is 2. The normalized spacial score (nSPS) is 18.0. The van der Waals surface area contributed by atoms with Gasteiger partial charge in [0.2, 0.25) is 5.91 Å². The van der Waals surface area contributed by atoms with E-state index < -0.39 is 5.91 Å². The van der Waals surface area contributed by atoms with Crippen molar-refractivity contribution in [2.45, 2.75) is 104 Å². The van der Waals surface area contributed by atoms with Gasteiger partial charge in [-0.05, 0) is 25.2 Å². The van der Waals surface area contributed by atoms with E-state index >= 15 is 0 Å². The van der Waals surface area contributed by atoms with Crippen LogP contribution in [0.3, 0.4) is 0 Å². The highest BCUT2D eigenvalue weighted by Gasteiger charge is 2.47. The van der Waals surface area contributed by atoms with Crippen LogP contribution in [0.2, 0.25) is 0 Å². The van der Waals surface area contributed by atoms with Crippen molar-refractivity contribution in [1.82, 2.24) is 4.90 Å². The molecule has 0 spiro atoms. The van der Waals surface area contributed by atoms with Crippen LogP contribution in [0.5, 0.6) is 0 Å². The molecule has 1 aliphatic carbocycles. The Kier molecular flexibility index (Phi) is 12.0. The largest absolute Gasteiger partial charge is 0.340 e. The van der Waals surface area contributed by atoms with Crippen LogP contribution in [0, 0.1) is 11.8 Å². The van der Waals surface area contributed by atoms with Crippen LogP contribution >= 0.6 is 0 Å². The second kappa shape index (κ2) is 13.1. The van der Waals surface area contributed by atoms with Gasteiger partial charge in [-0.25, -0.2) is 0 Å². The van der Waals surface area contributed by atoms with E-state index in [9.17, 15) is 0 Å². The molecule has 3 heteroatoms. The Morgan fingerprint density at radius 2 is 1.40 bits per heavy atom. The quantitative estimate of drug-likeness (QED) is 0.273. The number of rotatable bonds is 14. The molecule has 0 amide bonds. The van der Waals surface area contributed by atoms with Crippen molar-refractivity contribution < 1.29 is 9.47 Å². The highest BCUT2D eigenvalue weighted by atomic mass is 16.7. The third kappa shape index (κ3) is 6.52. The van der Waals surface area contributed by atoms with E-state index in [0.29, 0.717) is 5.92 Å². The van der Waals surface area contributed by atoms with Crippen molar-refractivity contribution in [3.05, 3.63) is 0 Å². The van der Waals surface area contributed by atoms with Gasteiger partial charge in [0.15, 0.2) is 0 Å². The van der Waals surface area contributed by atoms with Gasteiger partial charge in [0.25, 0.3) is 0 Å². The lowest BCUT2D eigenvalue weighted by Gasteiger charge is -2.49. The number of nitrogens with zero attached hydrogens (tertiary/aromatic N) is 1. The first-order valence-electron chi connectivity index (χ1n) is 11.0. The molecule has 0 heterocycles. The van der Waals surface area contributed by atoms with Gasteiger partial charge in [-0.15, -0.1) is 0 Å². The number of hydrogen-bond donors (Lipinski definition) is 0. The fourth-order valence-electron chi connectivity index (χ4n) is 4.94. The second-order valence-electron chi connectivity index (χ2n) is 7.77.